The maximum absolute atomic E-state index is 13.2. The highest BCUT2D eigenvalue weighted by molar-refractivity contribution is 7.13. The van der Waals surface area contributed by atoms with Gasteiger partial charge in [-0.1, -0.05) is 43.1 Å². The number of nitrogens with one attached hydrogen (secondary N) is 2. The number of halogens is 5. The summed E-state index contributed by atoms with van der Waals surface area (Å²) < 4.78 is 39.4. The van der Waals surface area contributed by atoms with Gasteiger partial charge in [0.15, 0.2) is 0 Å². The number of aliphatic imine (C=N–C) groups is 1. The van der Waals surface area contributed by atoms with Crippen LogP contribution >= 0.6 is 34.5 Å². The fourth-order valence-corrected chi connectivity index (χ4v) is 5.41. The minimum absolute atomic E-state index is 0.117. The van der Waals surface area contributed by atoms with Gasteiger partial charge in [0.2, 0.25) is 5.91 Å². The molecule has 1 fully saturated rings. The number of piperazine rings is 1. The van der Waals surface area contributed by atoms with E-state index in [9.17, 15) is 22.8 Å². The lowest BCUT2D eigenvalue weighted by molar-refractivity contribution is -0.137. The highest BCUT2D eigenvalue weighted by Gasteiger charge is 2.34. The molecule has 3 heterocycles. The topological polar surface area (TPSA) is 103 Å². The first-order chi connectivity index (χ1) is 20.3. The number of nitrogens with zero attached hydrogens (tertiary/aromatic N) is 5. The Balaban J connectivity index is 1.70. The lowest BCUT2D eigenvalue weighted by atomic mass is 10.2. The van der Waals surface area contributed by atoms with Crippen LogP contribution in [0.1, 0.15) is 66.8 Å². The quantitative estimate of drug-likeness (QED) is 0.171. The maximum Gasteiger partial charge on any atom is 0.418 e. The molecule has 15 heteroatoms. The molecule has 0 aliphatic carbocycles. The van der Waals surface area contributed by atoms with E-state index in [2.05, 4.69) is 42.3 Å². The Morgan fingerprint density at radius 3 is 2.51 bits per heavy atom. The van der Waals surface area contributed by atoms with Crippen LogP contribution in [-0.4, -0.2) is 70.1 Å². The zero-order valence-electron chi connectivity index (χ0n) is 24.3. The summed E-state index contributed by atoms with van der Waals surface area (Å²) in [6, 6.07) is 0.0619. The fourth-order valence-electron chi connectivity index (χ4n) is 4.13. The number of allylic oxidation sites excluding steroid dienone is 1. The molecule has 2 amide bonds. The van der Waals surface area contributed by atoms with Crippen LogP contribution in [0.5, 0.6) is 0 Å². The molecule has 1 atom stereocenters. The van der Waals surface area contributed by atoms with Crippen LogP contribution in [0.15, 0.2) is 46.3 Å². The van der Waals surface area contributed by atoms with E-state index in [1.54, 1.807) is 20.0 Å². The second-order valence-corrected chi connectivity index (χ2v) is 11.6. The summed E-state index contributed by atoms with van der Waals surface area (Å²) in [7, 11) is 0. The van der Waals surface area contributed by atoms with E-state index in [0.29, 0.717) is 16.9 Å². The number of aromatic nitrogens is 2. The number of pyridine rings is 1. The van der Waals surface area contributed by atoms with Crippen molar-refractivity contribution in [1.82, 2.24) is 25.1 Å². The molecule has 43 heavy (non-hydrogen) atoms. The van der Waals surface area contributed by atoms with Crippen molar-refractivity contribution in [2.75, 3.05) is 38.0 Å². The molecule has 2 N–H and O–H groups in total. The van der Waals surface area contributed by atoms with Crippen molar-refractivity contribution in [1.29, 1.82) is 0 Å². The number of anilines is 1. The third kappa shape index (κ3) is 9.49. The van der Waals surface area contributed by atoms with E-state index in [-0.39, 0.29) is 21.3 Å². The molecule has 0 spiro atoms. The van der Waals surface area contributed by atoms with Gasteiger partial charge in [0.25, 0.3) is 5.91 Å². The number of carbonyl (C=O) groups excluding carboxylic acids is 2. The molecular formula is C28H34Cl2F3N7O2S. The number of rotatable bonds is 10. The minimum Gasteiger partial charge on any atom is -0.353 e. The van der Waals surface area contributed by atoms with Crippen LogP contribution in [0.25, 0.3) is 0 Å². The lowest BCUT2D eigenvalue weighted by Crippen LogP contribution is -2.49. The Labute approximate surface area is 262 Å². The van der Waals surface area contributed by atoms with Crippen molar-refractivity contribution in [2.45, 2.75) is 52.8 Å². The molecule has 1 unspecified atom stereocenters. The predicted octanol–water partition coefficient (Wildman–Crippen LogP) is 6.50. The van der Waals surface area contributed by atoms with Crippen molar-refractivity contribution < 1.29 is 22.8 Å². The van der Waals surface area contributed by atoms with Gasteiger partial charge in [-0.25, -0.2) is 15.0 Å². The molecule has 2 aromatic heterocycles. The second kappa shape index (κ2) is 15.6. The van der Waals surface area contributed by atoms with Crippen molar-refractivity contribution in [2.24, 2.45) is 4.99 Å². The predicted molar refractivity (Wildman–Crippen MR) is 165 cm³/mol. The Morgan fingerprint density at radius 1 is 1.19 bits per heavy atom. The zero-order chi connectivity index (χ0) is 31.7. The van der Waals surface area contributed by atoms with Crippen molar-refractivity contribution in [3.05, 3.63) is 61.8 Å². The van der Waals surface area contributed by atoms with Gasteiger partial charge < -0.3 is 15.5 Å². The van der Waals surface area contributed by atoms with Gasteiger partial charge in [-0.05, 0) is 39.3 Å². The Morgan fingerprint density at radius 2 is 1.88 bits per heavy atom. The van der Waals surface area contributed by atoms with Crippen molar-refractivity contribution in [3.8, 4) is 0 Å². The molecule has 9 nitrogen and oxygen atoms in total. The van der Waals surface area contributed by atoms with Gasteiger partial charge >= 0.3 is 6.18 Å². The Kier molecular flexibility index (Phi) is 12.5. The standard InChI is InChI=1S/C28H34Cl2F3N7O2S/c1-5-7-8-34-24(40-12-10-39(9-6-2)11-13-40)23(30)17(3)25(41)37-18(4)27-36-16-21(43-27)26(42)38-22-14-19(28(31,32)33)20(29)15-35-22/h7-8,14-16,18H,5-6,9-13H2,1-4H3,(H,37,41)(H,35,38,42)/b8-7+,23-17-,34-24+. The maximum atomic E-state index is 13.2. The van der Waals surface area contributed by atoms with Crippen LogP contribution in [-0.2, 0) is 11.0 Å². The SMILES string of the molecule is CC/C=C/N=C(\C(Cl)=C(/C)C(=O)NC(C)c1ncc(C(=O)Nc2cc(C(F)(F)F)c(Cl)cn2)s1)N1CCN(CCC)CC1. The molecule has 1 aliphatic rings. The molecule has 234 valence electrons. The van der Waals surface area contributed by atoms with Gasteiger partial charge in [0, 0.05) is 44.1 Å². The molecule has 0 aromatic carbocycles. The van der Waals surface area contributed by atoms with E-state index >= 15 is 0 Å². The molecular weight excluding hydrogens is 626 g/mol. The second-order valence-electron chi connectivity index (χ2n) is 9.77. The molecule has 3 rings (SSSR count). The molecule has 2 aromatic rings. The lowest BCUT2D eigenvalue weighted by Gasteiger charge is -2.36. The highest BCUT2D eigenvalue weighted by Crippen LogP contribution is 2.35. The van der Waals surface area contributed by atoms with Crippen LogP contribution in [0, 0.1) is 0 Å². The van der Waals surface area contributed by atoms with E-state index in [4.69, 9.17) is 23.2 Å². The van der Waals surface area contributed by atoms with Gasteiger partial charge in [-0.15, -0.1) is 11.3 Å². The number of alkyl halides is 3. The number of thiazole rings is 1. The minimum atomic E-state index is -4.71. The molecule has 1 saturated heterocycles. The van der Waals surface area contributed by atoms with Crippen LogP contribution in [0.4, 0.5) is 19.0 Å². The molecule has 0 radical (unpaired) electrons. The summed E-state index contributed by atoms with van der Waals surface area (Å²) in [5, 5.41) is 5.23. The molecule has 0 saturated carbocycles. The number of hydrogen-bond donors (Lipinski definition) is 2. The largest absolute Gasteiger partial charge is 0.418 e. The normalized spacial score (nSPS) is 16.3. The zero-order valence-corrected chi connectivity index (χ0v) is 26.6. The van der Waals surface area contributed by atoms with Crippen molar-refractivity contribution in [3.63, 3.8) is 0 Å². The summed E-state index contributed by atoms with van der Waals surface area (Å²) in [4.78, 5) is 43.0. The van der Waals surface area contributed by atoms with Gasteiger partial charge in [-0.2, -0.15) is 13.2 Å². The highest BCUT2D eigenvalue weighted by atomic mass is 35.5. The number of hydrogen-bond acceptors (Lipinski definition) is 7. The van der Waals surface area contributed by atoms with Gasteiger partial charge in [0.05, 0.1) is 27.9 Å². The summed E-state index contributed by atoms with van der Waals surface area (Å²) >= 11 is 13.3. The summed E-state index contributed by atoms with van der Waals surface area (Å²) in [5.41, 5.74) is -0.840. The summed E-state index contributed by atoms with van der Waals surface area (Å²) in [6.07, 6.45) is 2.86. The third-order valence-electron chi connectivity index (χ3n) is 6.48. The fraction of sp³-hybridized carbons (Fsp3) is 0.464. The Hall–Kier alpha value is -3.00. The van der Waals surface area contributed by atoms with Gasteiger partial charge in [0.1, 0.15) is 21.5 Å². The van der Waals surface area contributed by atoms with Crippen LogP contribution in [0.2, 0.25) is 5.02 Å². The average molecular weight is 661 g/mol. The summed E-state index contributed by atoms with van der Waals surface area (Å²) in [5.74, 6) is -0.920. The first-order valence-corrected chi connectivity index (χ1v) is 15.3. The number of carbonyl (C=O) groups is 2. The van der Waals surface area contributed by atoms with Crippen LogP contribution in [0.3, 0.4) is 0 Å². The van der Waals surface area contributed by atoms with E-state index in [0.717, 1.165) is 63.1 Å². The van der Waals surface area contributed by atoms with Crippen LogP contribution < -0.4 is 10.6 Å². The molecule has 0 bridgehead atoms. The van der Waals surface area contributed by atoms with E-state index in [1.807, 2.05) is 13.0 Å². The first-order valence-electron chi connectivity index (χ1n) is 13.7. The van der Waals surface area contributed by atoms with E-state index in [1.165, 1.54) is 6.20 Å². The smallest absolute Gasteiger partial charge is 0.353 e. The Bertz CT molecular complexity index is 1390. The van der Waals surface area contributed by atoms with Crippen molar-refractivity contribution >= 4 is 58.0 Å². The van der Waals surface area contributed by atoms with Gasteiger partial charge in [-0.3, -0.25) is 14.5 Å². The van der Waals surface area contributed by atoms with E-state index < -0.39 is 34.6 Å². The third-order valence-corrected chi connectivity index (χ3v) is 8.42. The number of amidine groups is 1. The average Bonchev–Trinajstić information content (AvgIpc) is 3.47. The number of amides is 2. The molecule has 1 aliphatic heterocycles. The summed E-state index contributed by atoms with van der Waals surface area (Å²) in [6.45, 7) is 11.7. The first kappa shape index (κ1) is 34.5. The monoisotopic (exact) mass is 659 g/mol.